The Morgan fingerprint density at radius 3 is 2.64 bits per heavy atom. The molecule has 0 bridgehead atoms. The Bertz CT molecular complexity index is 1190. The van der Waals surface area contributed by atoms with E-state index in [9.17, 15) is 19.7 Å². The average molecular weight is 647 g/mol. The van der Waals surface area contributed by atoms with E-state index >= 15 is 0 Å². The van der Waals surface area contributed by atoms with E-state index in [1.807, 2.05) is 12.1 Å². The standard InChI is InChI=1S/C30H39BINO6/c1-4-19-15-21-27(30(36)33(29(21)35)20-8-6-5-7-9-20)22-16-31(37)39-24(26(19)22)11-10-17(2)12-18-13-23(32)28(34)25(14-18)38-3/h12-14,20-22,24,27,34,37H,4-11,15-16H2,1-3H3/b17-12+/t21-,22+,24-,27-/m1/s1. The molecule has 2 amide bonds. The lowest BCUT2D eigenvalue weighted by atomic mass is 9.58. The molecule has 0 unspecified atom stereocenters. The van der Waals surface area contributed by atoms with E-state index in [-0.39, 0.29) is 47.5 Å². The number of nitrogens with zero attached hydrogens (tertiary/aromatic N) is 1. The number of hydrogen-bond donors (Lipinski definition) is 2. The number of amides is 2. The van der Waals surface area contributed by atoms with Crippen molar-refractivity contribution in [1.29, 1.82) is 0 Å². The van der Waals surface area contributed by atoms with Crippen molar-refractivity contribution in [3.8, 4) is 11.5 Å². The van der Waals surface area contributed by atoms with Crippen LogP contribution >= 0.6 is 22.6 Å². The predicted molar refractivity (Wildman–Crippen MR) is 159 cm³/mol. The number of methoxy groups -OCH3 is 1. The molecule has 1 saturated carbocycles. The number of ether oxygens (including phenoxy) is 1. The van der Waals surface area contributed by atoms with Gasteiger partial charge >= 0.3 is 7.12 Å². The number of likely N-dealkylation sites (tertiary alicyclic amines) is 1. The Hall–Kier alpha value is -1.85. The van der Waals surface area contributed by atoms with Crippen molar-refractivity contribution in [3.63, 3.8) is 0 Å². The van der Waals surface area contributed by atoms with Crippen LogP contribution in [0.1, 0.15) is 77.2 Å². The smallest absolute Gasteiger partial charge is 0.455 e. The number of carbonyl (C=O) groups excluding carboxylic acids is 2. The maximum Gasteiger partial charge on any atom is 0.455 e. The number of imide groups is 1. The highest BCUT2D eigenvalue weighted by Crippen LogP contribution is 2.52. The minimum absolute atomic E-state index is 0.0113. The summed E-state index contributed by atoms with van der Waals surface area (Å²) in [4.78, 5) is 29.0. The Morgan fingerprint density at radius 2 is 1.95 bits per heavy atom. The van der Waals surface area contributed by atoms with Gasteiger partial charge in [-0.1, -0.05) is 43.4 Å². The number of rotatable bonds is 7. The van der Waals surface area contributed by atoms with E-state index in [1.165, 1.54) is 12.0 Å². The van der Waals surface area contributed by atoms with Gasteiger partial charge in [-0.3, -0.25) is 14.5 Å². The van der Waals surface area contributed by atoms with Crippen LogP contribution in [0.3, 0.4) is 0 Å². The summed E-state index contributed by atoms with van der Waals surface area (Å²) in [6.07, 6.45) is 10.2. The molecule has 210 valence electrons. The first kappa shape index (κ1) is 28.7. The highest BCUT2D eigenvalue weighted by Gasteiger charge is 2.58. The fourth-order valence-corrected chi connectivity index (χ4v) is 8.00. The van der Waals surface area contributed by atoms with Crippen LogP contribution in [0.15, 0.2) is 28.9 Å². The second kappa shape index (κ2) is 11.9. The molecule has 7 nitrogen and oxygen atoms in total. The molecule has 5 rings (SSSR count). The quantitative estimate of drug-likeness (QED) is 0.170. The SMILES string of the molecule is CCC1=C2[C@@H](CC/C(C)=C/c3cc(I)c(O)c(OC)c3)OB(O)C[C@@H]2[C@@H]2C(=O)N(C3CCCCC3)C(=O)[C@@H]2C1. The summed E-state index contributed by atoms with van der Waals surface area (Å²) in [5, 5.41) is 20.9. The van der Waals surface area contributed by atoms with Crippen molar-refractivity contribution in [2.75, 3.05) is 7.11 Å². The molecule has 4 atom stereocenters. The van der Waals surface area contributed by atoms with Crippen molar-refractivity contribution in [3.05, 3.63) is 38.0 Å². The summed E-state index contributed by atoms with van der Waals surface area (Å²) in [6, 6.07) is 3.77. The summed E-state index contributed by atoms with van der Waals surface area (Å²) in [5.41, 5.74) is 4.47. The fourth-order valence-electron chi connectivity index (χ4n) is 7.37. The predicted octanol–water partition coefficient (Wildman–Crippen LogP) is 5.73. The number of carbonyl (C=O) groups is 2. The molecular weight excluding hydrogens is 608 g/mol. The van der Waals surface area contributed by atoms with E-state index in [0.29, 0.717) is 24.9 Å². The molecule has 1 aromatic rings. The Balaban J connectivity index is 1.37. The number of allylic oxidation sites excluding steroid dienone is 2. The van der Waals surface area contributed by atoms with Gasteiger partial charge in [0.15, 0.2) is 11.5 Å². The van der Waals surface area contributed by atoms with Gasteiger partial charge in [0.05, 0.1) is 28.6 Å². The lowest BCUT2D eigenvalue weighted by molar-refractivity contribution is -0.143. The minimum atomic E-state index is -0.945. The molecule has 0 aromatic heterocycles. The van der Waals surface area contributed by atoms with Crippen molar-refractivity contribution >= 4 is 47.6 Å². The maximum absolute atomic E-state index is 13.8. The first-order chi connectivity index (χ1) is 18.7. The number of hydrogen-bond acceptors (Lipinski definition) is 6. The van der Waals surface area contributed by atoms with Crippen LogP contribution in [-0.2, 0) is 14.2 Å². The Kier molecular flexibility index (Phi) is 8.78. The van der Waals surface area contributed by atoms with E-state index in [1.54, 1.807) is 12.0 Å². The van der Waals surface area contributed by atoms with Crippen LogP contribution in [0.25, 0.3) is 6.08 Å². The molecule has 2 aliphatic heterocycles. The largest absolute Gasteiger partial charge is 0.504 e. The third-order valence-electron chi connectivity index (χ3n) is 9.19. The number of aromatic hydroxyl groups is 1. The lowest BCUT2D eigenvalue weighted by Gasteiger charge is -2.43. The second-order valence-corrected chi connectivity index (χ2v) is 12.8. The summed E-state index contributed by atoms with van der Waals surface area (Å²) >= 11 is 2.09. The zero-order valence-corrected chi connectivity index (χ0v) is 25.3. The Morgan fingerprint density at radius 1 is 1.21 bits per heavy atom. The van der Waals surface area contributed by atoms with Gasteiger partial charge in [-0.15, -0.1) is 0 Å². The van der Waals surface area contributed by atoms with Gasteiger partial charge in [0, 0.05) is 6.04 Å². The van der Waals surface area contributed by atoms with Gasteiger partial charge in [0.2, 0.25) is 11.8 Å². The zero-order chi connectivity index (χ0) is 27.8. The normalized spacial score (nSPS) is 28.2. The molecule has 2 heterocycles. The number of halogens is 1. The third-order valence-corrected chi connectivity index (χ3v) is 10.0. The van der Waals surface area contributed by atoms with Gasteiger partial charge in [0.1, 0.15) is 0 Å². The number of benzene rings is 1. The van der Waals surface area contributed by atoms with Crippen LogP contribution in [-0.4, -0.2) is 53.2 Å². The van der Waals surface area contributed by atoms with E-state index in [2.05, 4.69) is 42.5 Å². The average Bonchev–Trinajstić information content (AvgIpc) is 3.18. The molecule has 3 fully saturated rings. The first-order valence-electron chi connectivity index (χ1n) is 14.4. The highest BCUT2D eigenvalue weighted by atomic mass is 127. The minimum Gasteiger partial charge on any atom is -0.504 e. The van der Waals surface area contributed by atoms with Crippen LogP contribution < -0.4 is 4.74 Å². The van der Waals surface area contributed by atoms with Crippen LogP contribution in [0, 0.1) is 21.3 Å². The maximum atomic E-state index is 13.8. The molecule has 1 aromatic carbocycles. The summed E-state index contributed by atoms with van der Waals surface area (Å²) in [5.74, 6) is -0.261. The van der Waals surface area contributed by atoms with Crippen molar-refractivity contribution in [2.45, 2.75) is 90.1 Å². The number of phenols is 1. The van der Waals surface area contributed by atoms with E-state index in [0.717, 1.165) is 58.8 Å². The number of fused-ring (bicyclic) bond motifs is 3. The fraction of sp³-hybridized carbons (Fsp3) is 0.600. The van der Waals surface area contributed by atoms with Gasteiger partial charge in [-0.2, -0.15) is 0 Å². The first-order valence-corrected chi connectivity index (χ1v) is 15.5. The summed E-state index contributed by atoms with van der Waals surface area (Å²) in [7, 11) is 0.595. The molecule has 0 radical (unpaired) electrons. The molecule has 39 heavy (non-hydrogen) atoms. The van der Waals surface area contributed by atoms with Crippen molar-refractivity contribution in [1.82, 2.24) is 4.90 Å². The van der Waals surface area contributed by atoms with E-state index < -0.39 is 7.12 Å². The summed E-state index contributed by atoms with van der Waals surface area (Å²) in [6.45, 7) is 4.18. The molecule has 2 saturated heterocycles. The number of phenolic OH excluding ortho intramolecular Hbond substituents is 1. The molecule has 2 N–H and O–H groups in total. The molecule has 2 aliphatic carbocycles. The van der Waals surface area contributed by atoms with Crippen molar-refractivity contribution < 1.29 is 29.1 Å². The van der Waals surface area contributed by atoms with Crippen LogP contribution in [0.5, 0.6) is 11.5 Å². The lowest BCUT2D eigenvalue weighted by Crippen LogP contribution is -2.46. The third kappa shape index (κ3) is 5.55. The molecule has 9 heteroatoms. The van der Waals surface area contributed by atoms with Crippen LogP contribution in [0.2, 0.25) is 6.32 Å². The summed E-state index contributed by atoms with van der Waals surface area (Å²) < 4.78 is 12.1. The highest BCUT2D eigenvalue weighted by molar-refractivity contribution is 14.1. The van der Waals surface area contributed by atoms with Gasteiger partial charge in [-0.05, 0) is 104 Å². The molecular formula is C30H39BINO6. The van der Waals surface area contributed by atoms with Crippen molar-refractivity contribution in [2.24, 2.45) is 17.8 Å². The topological polar surface area (TPSA) is 96.3 Å². The Labute approximate surface area is 245 Å². The van der Waals surface area contributed by atoms with Gasteiger partial charge in [0.25, 0.3) is 0 Å². The van der Waals surface area contributed by atoms with Crippen LogP contribution in [0.4, 0.5) is 0 Å². The molecule has 4 aliphatic rings. The van der Waals surface area contributed by atoms with E-state index in [4.69, 9.17) is 9.39 Å². The second-order valence-electron chi connectivity index (χ2n) is 11.6. The van der Waals surface area contributed by atoms with Gasteiger partial charge in [-0.25, -0.2) is 0 Å². The van der Waals surface area contributed by atoms with Gasteiger partial charge < -0.3 is 19.5 Å². The monoisotopic (exact) mass is 647 g/mol. The molecule has 0 spiro atoms. The zero-order valence-electron chi connectivity index (χ0n) is 23.1.